The van der Waals surface area contributed by atoms with E-state index >= 15 is 0 Å². The van der Waals surface area contributed by atoms with E-state index in [1.54, 1.807) is 0 Å². The Labute approximate surface area is 92.1 Å². The van der Waals surface area contributed by atoms with Gasteiger partial charge in [-0.2, -0.15) is 0 Å². The van der Waals surface area contributed by atoms with Crippen LogP contribution in [0.5, 0.6) is 0 Å². The summed E-state index contributed by atoms with van der Waals surface area (Å²) in [4.78, 5) is 2.20. The third-order valence-corrected chi connectivity index (χ3v) is 3.10. The van der Waals surface area contributed by atoms with E-state index < -0.39 is 0 Å². The van der Waals surface area contributed by atoms with Crippen molar-refractivity contribution in [3.63, 3.8) is 0 Å². The van der Waals surface area contributed by atoms with Crippen LogP contribution in [-0.2, 0) is 6.54 Å². The first-order valence-corrected chi connectivity index (χ1v) is 5.64. The highest BCUT2D eigenvalue weighted by atomic mass is 15.0. The van der Waals surface area contributed by atoms with Crippen LogP contribution in [0.4, 0.5) is 0 Å². The predicted octanol–water partition coefficient (Wildman–Crippen LogP) is 1.81. The van der Waals surface area contributed by atoms with Crippen molar-refractivity contribution in [2.24, 2.45) is 11.7 Å². The van der Waals surface area contributed by atoms with Crippen LogP contribution in [-0.4, -0.2) is 25.5 Å². The topological polar surface area (TPSA) is 29.3 Å². The van der Waals surface area contributed by atoms with Gasteiger partial charge in [0.25, 0.3) is 0 Å². The molecule has 0 radical (unpaired) electrons. The molecule has 0 heterocycles. The van der Waals surface area contributed by atoms with E-state index in [1.807, 2.05) is 0 Å². The molecule has 2 nitrogen and oxygen atoms in total. The Morgan fingerprint density at radius 1 is 1.40 bits per heavy atom. The van der Waals surface area contributed by atoms with Gasteiger partial charge in [-0.3, -0.25) is 0 Å². The molecule has 2 atom stereocenters. The minimum Gasteiger partial charge on any atom is -0.330 e. The van der Waals surface area contributed by atoms with E-state index in [0.717, 1.165) is 24.9 Å². The third-order valence-electron chi connectivity index (χ3n) is 3.10. The first kappa shape index (κ1) is 10.7. The van der Waals surface area contributed by atoms with E-state index in [4.69, 9.17) is 5.73 Å². The van der Waals surface area contributed by atoms with Gasteiger partial charge in [-0.05, 0) is 50.0 Å². The van der Waals surface area contributed by atoms with Gasteiger partial charge in [-0.15, -0.1) is 0 Å². The Hall–Kier alpha value is -0.860. The molecule has 0 aliphatic heterocycles. The van der Waals surface area contributed by atoms with E-state index in [0.29, 0.717) is 0 Å². The molecule has 1 aromatic carbocycles. The largest absolute Gasteiger partial charge is 0.330 e. The summed E-state index contributed by atoms with van der Waals surface area (Å²) in [5.74, 6) is 1.47. The SMILES string of the molecule is CN(C)Cc1cccc([C@@H]2C[C@H]2CN)c1. The average Bonchev–Trinajstić information content (AvgIpc) is 2.96. The molecule has 0 aromatic heterocycles. The van der Waals surface area contributed by atoms with Gasteiger partial charge in [0.1, 0.15) is 0 Å². The monoisotopic (exact) mass is 204 g/mol. The summed E-state index contributed by atoms with van der Waals surface area (Å²) in [6.07, 6.45) is 1.28. The quantitative estimate of drug-likeness (QED) is 0.810. The molecule has 0 bridgehead atoms. The molecule has 0 amide bonds. The number of nitrogens with two attached hydrogens (primary N) is 1. The maximum absolute atomic E-state index is 5.67. The smallest absolute Gasteiger partial charge is 0.0227 e. The Morgan fingerprint density at radius 2 is 2.20 bits per heavy atom. The summed E-state index contributed by atoms with van der Waals surface area (Å²) in [6, 6.07) is 8.93. The molecule has 0 unspecified atom stereocenters. The maximum atomic E-state index is 5.67. The van der Waals surface area contributed by atoms with Gasteiger partial charge in [0, 0.05) is 6.54 Å². The molecule has 1 aliphatic rings. The second-order valence-corrected chi connectivity index (χ2v) is 4.82. The van der Waals surface area contributed by atoms with Crippen molar-refractivity contribution in [1.29, 1.82) is 0 Å². The summed E-state index contributed by atoms with van der Waals surface area (Å²) in [7, 11) is 4.21. The number of hydrogen-bond acceptors (Lipinski definition) is 2. The lowest BCUT2D eigenvalue weighted by atomic mass is 10.1. The average molecular weight is 204 g/mol. The van der Waals surface area contributed by atoms with Gasteiger partial charge in [0.2, 0.25) is 0 Å². The van der Waals surface area contributed by atoms with Gasteiger partial charge < -0.3 is 10.6 Å². The summed E-state index contributed by atoms with van der Waals surface area (Å²) in [5.41, 5.74) is 8.55. The molecular weight excluding hydrogens is 184 g/mol. The van der Waals surface area contributed by atoms with E-state index in [9.17, 15) is 0 Å². The van der Waals surface area contributed by atoms with Crippen molar-refractivity contribution in [1.82, 2.24) is 4.90 Å². The van der Waals surface area contributed by atoms with Crippen LogP contribution in [0.1, 0.15) is 23.5 Å². The summed E-state index contributed by atoms with van der Waals surface area (Å²) in [5, 5.41) is 0. The standard InChI is InChI=1S/C13H20N2/c1-15(2)9-10-4-3-5-11(6-10)13-7-12(13)8-14/h3-6,12-13H,7-9,14H2,1-2H3/t12-,13-/m0/s1. The summed E-state index contributed by atoms with van der Waals surface area (Å²) >= 11 is 0. The molecule has 15 heavy (non-hydrogen) atoms. The maximum Gasteiger partial charge on any atom is 0.0227 e. The van der Waals surface area contributed by atoms with Crippen molar-refractivity contribution in [2.45, 2.75) is 18.9 Å². The normalized spacial score (nSPS) is 24.5. The minimum atomic E-state index is 0.733. The van der Waals surface area contributed by atoms with Crippen molar-refractivity contribution < 1.29 is 0 Å². The van der Waals surface area contributed by atoms with Gasteiger partial charge in [0.15, 0.2) is 0 Å². The van der Waals surface area contributed by atoms with Crippen molar-refractivity contribution in [2.75, 3.05) is 20.6 Å². The van der Waals surface area contributed by atoms with Crippen LogP contribution in [0, 0.1) is 5.92 Å². The second-order valence-electron chi connectivity index (χ2n) is 4.82. The zero-order chi connectivity index (χ0) is 10.8. The molecular formula is C13H20N2. The zero-order valence-electron chi connectivity index (χ0n) is 9.61. The first-order valence-electron chi connectivity index (χ1n) is 5.64. The second kappa shape index (κ2) is 4.33. The van der Waals surface area contributed by atoms with Crippen LogP contribution < -0.4 is 5.73 Å². The summed E-state index contributed by atoms with van der Waals surface area (Å²) < 4.78 is 0. The Morgan fingerprint density at radius 3 is 2.80 bits per heavy atom. The highest BCUT2D eigenvalue weighted by Crippen LogP contribution is 2.46. The zero-order valence-corrected chi connectivity index (χ0v) is 9.61. The van der Waals surface area contributed by atoms with Gasteiger partial charge in [0.05, 0.1) is 0 Å². The lowest BCUT2D eigenvalue weighted by Gasteiger charge is -2.10. The van der Waals surface area contributed by atoms with E-state index in [1.165, 1.54) is 17.5 Å². The highest BCUT2D eigenvalue weighted by molar-refractivity contribution is 5.30. The van der Waals surface area contributed by atoms with Crippen LogP contribution in [0.15, 0.2) is 24.3 Å². The van der Waals surface area contributed by atoms with E-state index in [-0.39, 0.29) is 0 Å². The molecule has 1 aliphatic carbocycles. The first-order chi connectivity index (χ1) is 7.20. The summed E-state index contributed by atoms with van der Waals surface area (Å²) in [6.45, 7) is 1.86. The van der Waals surface area contributed by atoms with Gasteiger partial charge in [-0.25, -0.2) is 0 Å². The Balaban J connectivity index is 2.06. The molecule has 1 saturated carbocycles. The molecule has 0 saturated heterocycles. The van der Waals surface area contributed by atoms with Gasteiger partial charge in [-0.1, -0.05) is 24.3 Å². The third kappa shape index (κ3) is 2.58. The fraction of sp³-hybridized carbons (Fsp3) is 0.538. The number of nitrogens with zero attached hydrogens (tertiary/aromatic N) is 1. The molecule has 1 aromatic rings. The Bertz CT molecular complexity index is 333. The minimum absolute atomic E-state index is 0.733. The number of benzene rings is 1. The Kier molecular flexibility index (Phi) is 3.08. The molecule has 2 heteroatoms. The number of rotatable bonds is 4. The molecule has 2 rings (SSSR count). The molecule has 82 valence electrons. The molecule has 2 N–H and O–H groups in total. The predicted molar refractivity (Wildman–Crippen MR) is 63.7 cm³/mol. The highest BCUT2D eigenvalue weighted by Gasteiger charge is 2.36. The van der Waals surface area contributed by atoms with E-state index in [2.05, 4.69) is 43.3 Å². The van der Waals surface area contributed by atoms with Gasteiger partial charge >= 0.3 is 0 Å². The van der Waals surface area contributed by atoms with Crippen molar-refractivity contribution in [3.05, 3.63) is 35.4 Å². The lowest BCUT2D eigenvalue weighted by molar-refractivity contribution is 0.402. The molecule has 1 fully saturated rings. The van der Waals surface area contributed by atoms with Crippen LogP contribution >= 0.6 is 0 Å². The van der Waals surface area contributed by atoms with Crippen LogP contribution in [0.2, 0.25) is 0 Å². The number of hydrogen-bond donors (Lipinski definition) is 1. The van der Waals surface area contributed by atoms with Crippen LogP contribution in [0.25, 0.3) is 0 Å². The lowest BCUT2D eigenvalue weighted by Crippen LogP contribution is -2.10. The van der Waals surface area contributed by atoms with Crippen LogP contribution in [0.3, 0.4) is 0 Å². The van der Waals surface area contributed by atoms with Crippen molar-refractivity contribution >= 4 is 0 Å². The van der Waals surface area contributed by atoms with Crippen molar-refractivity contribution in [3.8, 4) is 0 Å². The molecule has 0 spiro atoms. The fourth-order valence-electron chi connectivity index (χ4n) is 2.20. The fourth-order valence-corrected chi connectivity index (χ4v) is 2.20.